The Hall–Kier alpha value is -2.78. The number of halogens is 3. The average molecular weight is 432 g/mol. The molecule has 168 valence electrons. The number of esters is 1. The number of methoxy groups -OCH3 is 1. The summed E-state index contributed by atoms with van der Waals surface area (Å²) < 4.78 is 49.0. The van der Waals surface area contributed by atoms with Crippen molar-refractivity contribution in [1.82, 2.24) is 10.6 Å². The molecule has 1 atom stereocenters. The Morgan fingerprint density at radius 2 is 1.67 bits per heavy atom. The van der Waals surface area contributed by atoms with Gasteiger partial charge in [-0.3, -0.25) is 4.79 Å². The van der Waals surface area contributed by atoms with Gasteiger partial charge in [-0.2, -0.15) is 13.2 Å². The van der Waals surface area contributed by atoms with E-state index in [0.29, 0.717) is 0 Å². The number of amides is 2. The first-order chi connectivity index (χ1) is 13.5. The summed E-state index contributed by atoms with van der Waals surface area (Å²) in [6.07, 6.45) is -5.92. The van der Waals surface area contributed by atoms with Gasteiger partial charge in [0.05, 0.1) is 25.1 Å². The number of alkyl halides is 3. The zero-order valence-corrected chi connectivity index (χ0v) is 17.8. The minimum atomic E-state index is -4.60. The van der Waals surface area contributed by atoms with Crippen molar-refractivity contribution in [3.8, 4) is 0 Å². The van der Waals surface area contributed by atoms with Crippen LogP contribution in [0.3, 0.4) is 0 Å². The molecule has 0 bridgehead atoms. The quantitative estimate of drug-likeness (QED) is 0.668. The number of hydrogen-bond donors (Lipinski definition) is 2. The molecular weight excluding hydrogens is 405 g/mol. The lowest BCUT2D eigenvalue weighted by molar-refractivity contribution is -0.149. The molecule has 1 aromatic carbocycles. The minimum absolute atomic E-state index is 0.0571. The van der Waals surface area contributed by atoms with Gasteiger partial charge in [0, 0.05) is 0 Å². The monoisotopic (exact) mass is 432 g/mol. The van der Waals surface area contributed by atoms with Gasteiger partial charge in [-0.1, -0.05) is 12.1 Å². The summed E-state index contributed by atoms with van der Waals surface area (Å²) in [4.78, 5) is 36.4. The maximum Gasteiger partial charge on any atom is 0.416 e. The number of nitrogens with one attached hydrogen (secondary N) is 2. The maximum absolute atomic E-state index is 13.1. The summed E-state index contributed by atoms with van der Waals surface area (Å²) in [5.74, 6) is -1.38. The highest BCUT2D eigenvalue weighted by Crippen LogP contribution is 2.31. The van der Waals surface area contributed by atoms with E-state index in [1.807, 2.05) is 0 Å². The fourth-order valence-corrected chi connectivity index (χ4v) is 2.52. The molecule has 0 aromatic heterocycles. The normalized spacial score (nSPS) is 13.2. The predicted octanol–water partition coefficient (Wildman–Crippen LogP) is 3.73. The van der Waals surface area contributed by atoms with E-state index in [4.69, 9.17) is 4.74 Å². The molecule has 0 aliphatic carbocycles. The van der Waals surface area contributed by atoms with E-state index in [0.717, 1.165) is 19.2 Å². The Balaban J connectivity index is 3.14. The molecule has 0 spiro atoms. The van der Waals surface area contributed by atoms with Gasteiger partial charge in [0.25, 0.3) is 0 Å². The van der Waals surface area contributed by atoms with E-state index in [2.05, 4.69) is 15.4 Å². The van der Waals surface area contributed by atoms with Gasteiger partial charge in [0.15, 0.2) is 0 Å². The molecule has 1 aromatic rings. The number of alkyl carbamates (subject to hydrolysis) is 1. The lowest BCUT2D eigenvalue weighted by atomic mass is 9.99. The van der Waals surface area contributed by atoms with Crippen molar-refractivity contribution >= 4 is 18.0 Å². The molecule has 0 radical (unpaired) electrons. The van der Waals surface area contributed by atoms with Crippen molar-refractivity contribution in [3.63, 3.8) is 0 Å². The van der Waals surface area contributed by atoms with Crippen LogP contribution in [0.5, 0.6) is 0 Å². The third kappa shape index (κ3) is 7.92. The summed E-state index contributed by atoms with van der Waals surface area (Å²) in [7, 11) is 1.16. The molecule has 0 saturated heterocycles. The lowest BCUT2D eigenvalue weighted by Crippen LogP contribution is -2.51. The molecule has 2 N–H and O–H groups in total. The number of ether oxygens (including phenoxy) is 2. The van der Waals surface area contributed by atoms with Crippen LogP contribution in [0.25, 0.3) is 0 Å². The van der Waals surface area contributed by atoms with Crippen LogP contribution in [0.1, 0.15) is 58.2 Å². The highest BCUT2D eigenvalue weighted by atomic mass is 19.4. The topological polar surface area (TPSA) is 93.7 Å². The van der Waals surface area contributed by atoms with Crippen LogP contribution in [0.15, 0.2) is 24.3 Å². The van der Waals surface area contributed by atoms with Gasteiger partial charge < -0.3 is 20.1 Å². The van der Waals surface area contributed by atoms with E-state index in [1.54, 1.807) is 20.8 Å². The molecule has 0 aliphatic heterocycles. The molecule has 0 heterocycles. The van der Waals surface area contributed by atoms with Crippen LogP contribution >= 0.6 is 0 Å². The summed E-state index contributed by atoms with van der Waals surface area (Å²) >= 11 is 0. The summed E-state index contributed by atoms with van der Waals surface area (Å²) in [5, 5.41) is 4.87. The molecule has 7 nitrogen and oxygen atoms in total. The molecule has 1 rings (SSSR count). The zero-order chi connectivity index (χ0) is 23.3. The Bertz CT molecular complexity index is 785. The number of rotatable bonds is 6. The SMILES string of the molecule is COC(=O)C(C)(C)NC(=O)CC(NC(=O)OC(C)(C)C)c1cccc(C(F)(F)F)c1. The van der Waals surface area contributed by atoms with Crippen LogP contribution in [-0.4, -0.2) is 36.2 Å². The van der Waals surface area contributed by atoms with Crippen molar-refractivity contribution < 1.29 is 37.0 Å². The van der Waals surface area contributed by atoms with E-state index < -0.39 is 53.3 Å². The van der Waals surface area contributed by atoms with Gasteiger partial charge in [-0.15, -0.1) is 0 Å². The highest BCUT2D eigenvalue weighted by Gasteiger charge is 2.34. The third-order valence-corrected chi connectivity index (χ3v) is 3.84. The van der Waals surface area contributed by atoms with Crippen LogP contribution in [0.4, 0.5) is 18.0 Å². The molecule has 0 fully saturated rings. The smallest absolute Gasteiger partial charge is 0.416 e. The molecule has 30 heavy (non-hydrogen) atoms. The van der Waals surface area contributed by atoms with E-state index in [-0.39, 0.29) is 5.56 Å². The second-order valence-electron chi connectivity index (χ2n) is 8.19. The molecule has 2 amide bonds. The van der Waals surface area contributed by atoms with E-state index >= 15 is 0 Å². The number of carbonyl (C=O) groups is 3. The Morgan fingerprint density at radius 3 is 2.17 bits per heavy atom. The van der Waals surface area contributed by atoms with Crippen molar-refractivity contribution in [2.75, 3.05) is 7.11 Å². The fourth-order valence-electron chi connectivity index (χ4n) is 2.52. The molecule has 0 saturated carbocycles. The van der Waals surface area contributed by atoms with Gasteiger partial charge in [-0.05, 0) is 52.3 Å². The van der Waals surface area contributed by atoms with Crippen molar-refractivity contribution in [2.45, 2.75) is 64.4 Å². The van der Waals surface area contributed by atoms with Crippen molar-refractivity contribution in [3.05, 3.63) is 35.4 Å². The Morgan fingerprint density at radius 1 is 1.07 bits per heavy atom. The number of carbonyl (C=O) groups excluding carboxylic acids is 3. The molecule has 1 unspecified atom stereocenters. The van der Waals surface area contributed by atoms with Crippen LogP contribution < -0.4 is 10.6 Å². The number of hydrogen-bond acceptors (Lipinski definition) is 5. The fraction of sp³-hybridized carbons (Fsp3) is 0.550. The largest absolute Gasteiger partial charge is 0.467 e. The van der Waals surface area contributed by atoms with Gasteiger partial charge in [-0.25, -0.2) is 9.59 Å². The van der Waals surface area contributed by atoms with Crippen molar-refractivity contribution in [2.24, 2.45) is 0 Å². The minimum Gasteiger partial charge on any atom is -0.467 e. The van der Waals surface area contributed by atoms with Crippen LogP contribution in [-0.2, 0) is 25.2 Å². The lowest BCUT2D eigenvalue weighted by Gasteiger charge is -2.26. The highest BCUT2D eigenvalue weighted by molar-refractivity contribution is 5.87. The standard InChI is InChI=1S/C20H27F3N2O5/c1-18(2,3)30-17(28)24-14(11-15(26)25-19(4,5)16(27)29-6)12-8-7-9-13(10-12)20(21,22)23/h7-10,14H,11H2,1-6H3,(H,24,28)(H,25,26). The second kappa shape index (κ2) is 9.36. The summed E-state index contributed by atoms with van der Waals surface area (Å²) in [5.41, 5.74) is -3.08. The maximum atomic E-state index is 13.1. The summed E-state index contributed by atoms with van der Waals surface area (Å²) in [6, 6.07) is 3.14. The van der Waals surface area contributed by atoms with E-state index in [9.17, 15) is 27.6 Å². The molecule has 10 heteroatoms. The second-order valence-corrected chi connectivity index (χ2v) is 8.19. The predicted molar refractivity (Wildman–Crippen MR) is 102 cm³/mol. The van der Waals surface area contributed by atoms with Gasteiger partial charge >= 0.3 is 18.2 Å². The van der Waals surface area contributed by atoms with Crippen LogP contribution in [0, 0.1) is 0 Å². The Labute approximate surface area is 173 Å². The summed E-state index contributed by atoms with van der Waals surface area (Å²) in [6.45, 7) is 7.70. The first-order valence-electron chi connectivity index (χ1n) is 9.11. The van der Waals surface area contributed by atoms with Crippen LogP contribution in [0.2, 0.25) is 0 Å². The Kier molecular flexibility index (Phi) is 7.88. The third-order valence-electron chi connectivity index (χ3n) is 3.84. The molecule has 0 aliphatic rings. The first kappa shape index (κ1) is 25.3. The van der Waals surface area contributed by atoms with E-state index in [1.165, 1.54) is 26.0 Å². The van der Waals surface area contributed by atoms with Gasteiger partial charge in [0.1, 0.15) is 11.1 Å². The van der Waals surface area contributed by atoms with Crippen molar-refractivity contribution in [1.29, 1.82) is 0 Å². The zero-order valence-electron chi connectivity index (χ0n) is 17.8. The average Bonchev–Trinajstić information content (AvgIpc) is 2.57. The van der Waals surface area contributed by atoms with Gasteiger partial charge in [0.2, 0.25) is 5.91 Å². The first-order valence-corrected chi connectivity index (χ1v) is 9.11. The number of benzene rings is 1. The molecular formula is C20H27F3N2O5.